The van der Waals surface area contributed by atoms with Crippen LogP contribution in [-0.2, 0) is 20.7 Å². The summed E-state index contributed by atoms with van der Waals surface area (Å²) < 4.78 is 5.92. The van der Waals surface area contributed by atoms with E-state index in [-0.39, 0.29) is 23.6 Å². The summed E-state index contributed by atoms with van der Waals surface area (Å²) in [6.45, 7) is 7.55. The maximum atomic E-state index is 13.4. The first-order valence-corrected chi connectivity index (χ1v) is 11.6. The Balaban J connectivity index is 1.84. The van der Waals surface area contributed by atoms with Crippen molar-refractivity contribution in [2.45, 2.75) is 53.4 Å². The van der Waals surface area contributed by atoms with E-state index in [9.17, 15) is 9.59 Å². The zero-order valence-corrected chi connectivity index (χ0v) is 19.3. The maximum Gasteiger partial charge on any atom is 0.316 e. The smallest absolute Gasteiger partial charge is 0.316 e. The van der Waals surface area contributed by atoms with Crippen LogP contribution in [0.15, 0.2) is 30.0 Å². The number of rotatable bonds is 4. The first-order chi connectivity index (χ1) is 14.2. The summed E-state index contributed by atoms with van der Waals surface area (Å²) in [6.07, 6.45) is 3.25. The number of carbonyl (C=O) groups is 2. The number of halogens is 1. The largest absolute Gasteiger partial charge is 0.430 e. The van der Waals surface area contributed by atoms with Crippen LogP contribution in [0.25, 0.3) is 16.1 Å². The molecule has 4 rings (SSSR count). The van der Waals surface area contributed by atoms with Crippen LogP contribution < -0.4 is 0 Å². The molecule has 0 N–H and O–H groups in total. The first-order valence-electron chi connectivity index (χ1n) is 10.5. The van der Waals surface area contributed by atoms with E-state index in [1.807, 2.05) is 45.0 Å². The van der Waals surface area contributed by atoms with Crippen molar-refractivity contribution in [3.63, 3.8) is 0 Å². The zero-order chi connectivity index (χ0) is 21.6. The van der Waals surface area contributed by atoms with Gasteiger partial charge in [-0.2, -0.15) is 0 Å². The molecule has 2 aliphatic rings. The van der Waals surface area contributed by atoms with Gasteiger partial charge in [-0.05, 0) is 58.6 Å². The monoisotopic (exact) mass is 443 g/mol. The molecule has 1 heterocycles. The van der Waals surface area contributed by atoms with Crippen molar-refractivity contribution in [3.05, 3.63) is 45.6 Å². The molecule has 1 fully saturated rings. The summed E-state index contributed by atoms with van der Waals surface area (Å²) in [5, 5.41) is 1.52. The molecule has 2 unspecified atom stereocenters. The molecule has 0 amide bonds. The van der Waals surface area contributed by atoms with Crippen molar-refractivity contribution in [1.29, 1.82) is 0 Å². The van der Waals surface area contributed by atoms with Crippen molar-refractivity contribution in [2.75, 3.05) is 0 Å². The summed E-state index contributed by atoms with van der Waals surface area (Å²) in [7, 11) is 0. The molecule has 1 aromatic carbocycles. The minimum absolute atomic E-state index is 0.00692. The highest BCUT2D eigenvalue weighted by Crippen LogP contribution is 2.48. The Hall–Kier alpha value is -1.98. The van der Waals surface area contributed by atoms with Crippen molar-refractivity contribution in [3.8, 4) is 10.6 Å². The van der Waals surface area contributed by atoms with Crippen LogP contribution in [0.3, 0.4) is 0 Å². The van der Waals surface area contributed by atoms with Gasteiger partial charge in [0.15, 0.2) is 5.78 Å². The number of ether oxygens (including phenoxy) is 1. The predicted molar refractivity (Wildman–Crippen MR) is 120 cm³/mol. The lowest BCUT2D eigenvalue weighted by molar-refractivity contribution is -0.149. The van der Waals surface area contributed by atoms with Crippen LogP contribution in [0.2, 0.25) is 5.02 Å². The Labute approximate surface area is 186 Å². The van der Waals surface area contributed by atoms with Gasteiger partial charge in [-0.25, -0.2) is 4.98 Å². The van der Waals surface area contributed by atoms with Crippen LogP contribution in [0.4, 0.5) is 0 Å². The van der Waals surface area contributed by atoms with Crippen LogP contribution in [-0.4, -0.2) is 16.7 Å². The van der Waals surface area contributed by atoms with Gasteiger partial charge in [0.2, 0.25) is 0 Å². The average molecular weight is 444 g/mol. The molecule has 2 atom stereocenters. The lowest BCUT2D eigenvalue weighted by Gasteiger charge is -2.27. The minimum atomic E-state index is -0.638. The lowest BCUT2D eigenvalue weighted by Crippen LogP contribution is -2.28. The van der Waals surface area contributed by atoms with Crippen LogP contribution >= 0.6 is 22.9 Å². The number of aromatic nitrogens is 1. The molecule has 0 radical (unpaired) electrons. The average Bonchev–Trinajstić information content (AvgIpc) is 3.32. The molecule has 1 aromatic heterocycles. The van der Waals surface area contributed by atoms with E-state index in [1.165, 1.54) is 0 Å². The fourth-order valence-electron chi connectivity index (χ4n) is 4.11. The van der Waals surface area contributed by atoms with Gasteiger partial charge in [0, 0.05) is 27.3 Å². The fourth-order valence-corrected chi connectivity index (χ4v) is 5.25. The van der Waals surface area contributed by atoms with E-state index in [0.717, 1.165) is 41.1 Å². The number of aryl methyl sites for hydroxylation is 1. The highest BCUT2D eigenvalue weighted by atomic mass is 35.5. The molecule has 6 heteroatoms. The van der Waals surface area contributed by atoms with Crippen molar-refractivity contribution in [1.82, 2.24) is 4.98 Å². The second-order valence-corrected chi connectivity index (χ2v) is 10.6. The molecule has 0 spiro atoms. The van der Waals surface area contributed by atoms with Crippen LogP contribution in [0.1, 0.15) is 57.5 Å². The summed E-state index contributed by atoms with van der Waals surface area (Å²) >= 11 is 7.61. The van der Waals surface area contributed by atoms with E-state index in [2.05, 4.69) is 6.92 Å². The van der Waals surface area contributed by atoms with E-state index >= 15 is 0 Å². The zero-order valence-electron chi connectivity index (χ0n) is 17.8. The van der Waals surface area contributed by atoms with Crippen molar-refractivity contribution >= 4 is 40.3 Å². The standard InChI is InChI=1S/C24H26ClNO3S/c1-5-17-19(26-22(30-17)13-8-10-16(25)11-9-13)18-20(27)14-6-7-15(12-14)21(18)29-23(28)24(2,3)4/h8-11,14-15H,5-7,12H2,1-4H3. The lowest BCUT2D eigenvalue weighted by atomic mass is 9.84. The van der Waals surface area contributed by atoms with E-state index in [1.54, 1.807) is 11.3 Å². The molecule has 30 heavy (non-hydrogen) atoms. The van der Waals surface area contributed by atoms with Gasteiger partial charge < -0.3 is 4.74 Å². The number of allylic oxidation sites excluding steroid dienone is 2. The Morgan fingerprint density at radius 3 is 2.50 bits per heavy atom. The molecule has 4 nitrogen and oxygen atoms in total. The second-order valence-electron chi connectivity index (χ2n) is 9.10. The van der Waals surface area contributed by atoms with Crippen LogP contribution in [0.5, 0.6) is 0 Å². The predicted octanol–water partition coefficient (Wildman–Crippen LogP) is 6.33. The first kappa shape index (κ1) is 21.3. The molecule has 2 aromatic rings. The molecule has 2 bridgehead atoms. The topological polar surface area (TPSA) is 56.3 Å². The SMILES string of the molecule is CCc1sc(-c2ccc(Cl)cc2)nc1C1=C(OC(=O)C(C)(C)C)C2CCC(C2)C1=O. The normalized spacial score (nSPS) is 21.3. The quantitative estimate of drug-likeness (QED) is 0.518. The molecule has 158 valence electrons. The van der Waals surface area contributed by atoms with E-state index in [4.69, 9.17) is 21.3 Å². The number of hydrogen-bond acceptors (Lipinski definition) is 5. The molecule has 0 saturated heterocycles. The second kappa shape index (κ2) is 7.93. The Morgan fingerprint density at radius 2 is 1.87 bits per heavy atom. The van der Waals surface area contributed by atoms with Gasteiger partial charge in [0.1, 0.15) is 10.8 Å². The Morgan fingerprint density at radius 1 is 1.20 bits per heavy atom. The van der Waals surface area contributed by atoms with E-state index in [0.29, 0.717) is 22.0 Å². The summed E-state index contributed by atoms with van der Waals surface area (Å²) in [5.74, 6) is 0.422. The van der Waals surface area contributed by atoms with Gasteiger partial charge in [-0.15, -0.1) is 11.3 Å². The number of hydrogen-bond donors (Lipinski definition) is 0. The third-order valence-electron chi connectivity index (χ3n) is 5.83. The van der Waals surface area contributed by atoms with Gasteiger partial charge in [0.25, 0.3) is 0 Å². The number of thiazole rings is 1. The number of Topliss-reactive ketones (excluding diaryl/α,β-unsaturated/α-hetero) is 1. The number of esters is 1. The van der Waals surface area contributed by atoms with E-state index < -0.39 is 5.41 Å². The third-order valence-corrected chi connectivity index (χ3v) is 7.33. The molecule has 0 aliphatic heterocycles. The summed E-state index contributed by atoms with van der Waals surface area (Å²) in [4.78, 5) is 32.0. The molecular weight excluding hydrogens is 418 g/mol. The number of nitrogens with zero attached hydrogens (tertiary/aromatic N) is 1. The summed E-state index contributed by atoms with van der Waals surface area (Å²) in [5.41, 5.74) is 1.54. The highest BCUT2D eigenvalue weighted by molar-refractivity contribution is 7.15. The van der Waals surface area contributed by atoms with Gasteiger partial charge in [-0.1, -0.05) is 30.7 Å². The molecular formula is C24H26ClNO3S. The van der Waals surface area contributed by atoms with Gasteiger partial charge in [0.05, 0.1) is 16.7 Å². The Bertz CT molecular complexity index is 1030. The maximum absolute atomic E-state index is 13.4. The minimum Gasteiger partial charge on any atom is -0.430 e. The summed E-state index contributed by atoms with van der Waals surface area (Å²) in [6, 6.07) is 7.55. The number of ketones is 1. The third kappa shape index (κ3) is 3.85. The highest BCUT2D eigenvalue weighted by Gasteiger charge is 2.45. The number of benzene rings is 1. The van der Waals surface area contributed by atoms with Crippen molar-refractivity contribution < 1.29 is 14.3 Å². The molecule has 1 saturated carbocycles. The molecule has 2 aliphatic carbocycles. The number of carbonyl (C=O) groups excluding carboxylic acids is 2. The van der Waals surface area contributed by atoms with Crippen LogP contribution in [0, 0.1) is 17.3 Å². The van der Waals surface area contributed by atoms with Gasteiger partial charge >= 0.3 is 5.97 Å². The number of fused-ring (bicyclic) bond motifs is 2. The fraction of sp³-hybridized carbons (Fsp3) is 0.458. The Kier molecular flexibility index (Phi) is 5.62. The van der Waals surface area contributed by atoms with Gasteiger partial charge in [-0.3, -0.25) is 9.59 Å². The van der Waals surface area contributed by atoms with Crippen molar-refractivity contribution in [2.24, 2.45) is 17.3 Å².